The van der Waals surface area contributed by atoms with E-state index in [2.05, 4.69) is 18.5 Å². The van der Waals surface area contributed by atoms with E-state index in [-0.39, 0.29) is 6.61 Å². The average molecular weight is 399 g/mol. The number of rotatable bonds is 13. The summed E-state index contributed by atoms with van der Waals surface area (Å²) in [6.07, 6.45) is 2.78. The Morgan fingerprint density at radius 2 is 1.62 bits per heavy atom. The first-order valence-electron chi connectivity index (χ1n) is 9.42. The quantitative estimate of drug-likeness (QED) is 0.399. The van der Waals surface area contributed by atoms with Gasteiger partial charge in [0.25, 0.3) is 0 Å². The van der Waals surface area contributed by atoms with Crippen molar-refractivity contribution in [3.8, 4) is 0 Å². The van der Waals surface area contributed by atoms with E-state index >= 15 is 0 Å². The van der Waals surface area contributed by atoms with Crippen molar-refractivity contribution in [3.05, 3.63) is 67.8 Å². The van der Waals surface area contributed by atoms with Crippen LogP contribution in [0.3, 0.4) is 0 Å². The topological polar surface area (TPSA) is 66.0 Å². The Bertz CT molecular complexity index is 785. The monoisotopic (exact) mass is 399 g/mol. The summed E-state index contributed by atoms with van der Waals surface area (Å²) in [7, 11) is 1.59. The van der Waals surface area contributed by atoms with E-state index in [9.17, 15) is 4.79 Å². The van der Waals surface area contributed by atoms with Gasteiger partial charge < -0.3 is 18.9 Å². The fourth-order valence-corrected chi connectivity index (χ4v) is 2.97. The number of amides is 1. The average Bonchev–Trinajstić information content (AvgIpc) is 2.73. The molecule has 0 aromatic heterocycles. The van der Waals surface area contributed by atoms with Crippen LogP contribution in [0.5, 0.6) is 0 Å². The Kier molecular flexibility index (Phi) is 9.37. The molecule has 0 aliphatic rings. The van der Waals surface area contributed by atoms with Gasteiger partial charge >= 0.3 is 6.09 Å². The Balaban J connectivity index is 2.05. The van der Waals surface area contributed by atoms with Gasteiger partial charge in [-0.3, -0.25) is 5.32 Å². The maximum absolute atomic E-state index is 12.5. The number of ether oxygens (including phenoxy) is 4. The van der Waals surface area contributed by atoms with Gasteiger partial charge in [-0.25, -0.2) is 4.79 Å². The van der Waals surface area contributed by atoms with Crippen LogP contribution >= 0.6 is 0 Å². The number of nitrogens with one attached hydrogen (secondary N) is 1. The van der Waals surface area contributed by atoms with Crippen LogP contribution < -0.4 is 5.32 Å². The van der Waals surface area contributed by atoms with E-state index in [1.165, 1.54) is 0 Å². The SMILES string of the molecule is C=CCOCC(COC)(COCC=C)COC(=O)Nc1cccc2ccccc12. The van der Waals surface area contributed by atoms with E-state index in [1.54, 1.807) is 19.3 Å². The standard InChI is InChI=1S/C23H29NO5/c1-4-13-27-16-23(15-26-3,17-28-14-5-2)18-29-22(25)24-21-12-8-10-19-9-6-7-11-20(19)21/h4-12H,1-2,13-18H2,3H3,(H,24,25). The Hall–Kier alpha value is -2.67. The van der Waals surface area contributed by atoms with E-state index in [0.717, 1.165) is 10.8 Å². The van der Waals surface area contributed by atoms with Crippen LogP contribution in [0.1, 0.15) is 0 Å². The zero-order chi connectivity index (χ0) is 21.0. The summed E-state index contributed by atoms with van der Waals surface area (Å²) in [6.45, 7) is 9.05. The van der Waals surface area contributed by atoms with Crippen molar-refractivity contribution in [3.63, 3.8) is 0 Å². The number of hydrogen-bond donors (Lipinski definition) is 1. The Labute approximate surface area is 172 Å². The first kappa shape index (κ1) is 22.6. The third-order valence-electron chi connectivity index (χ3n) is 4.27. The van der Waals surface area contributed by atoms with E-state index in [1.807, 2.05) is 42.5 Å². The number of methoxy groups -OCH3 is 1. The predicted molar refractivity (Wildman–Crippen MR) is 115 cm³/mol. The lowest BCUT2D eigenvalue weighted by Crippen LogP contribution is -2.42. The summed E-state index contributed by atoms with van der Waals surface area (Å²) in [5.74, 6) is 0. The van der Waals surface area contributed by atoms with Crippen LogP contribution in [0.4, 0.5) is 10.5 Å². The molecule has 1 N–H and O–H groups in total. The number of benzene rings is 2. The van der Waals surface area contributed by atoms with Crippen molar-refractivity contribution in [1.82, 2.24) is 0 Å². The number of fused-ring (bicyclic) bond motifs is 1. The lowest BCUT2D eigenvalue weighted by molar-refractivity contribution is -0.0782. The van der Waals surface area contributed by atoms with Gasteiger partial charge in [0.1, 0.15) is 6.61 Å². The molecule has 156 valence electrons. The Morgan fingerprint density at radius 1 is 0.966 bits per heavy atom. The number of hydrogen-bond acceptors (Lipinski definition) is 5. The van der Waals surface area contributed by atoms with E-state index < -0.39 is 11.5 Å². The molecule has 0 fully saturated rings. The highest BCUT2D eigenvalue weighted by Gasteiger charge is 2.33. The predicted octanol–water partition coefficient (Wildman–Crippen LogP) is 4.43. The minimum atomic E-state index is -0.642. The molecule has 0 saturated carbocycles. The number of carbonyl (C=O) groups excluding carboxylic acids is 1. The highest BCUT2D eigenvalue weighted by atomic mass is 16.6. The molecule has 6 heteroatoms. The zero-order valence-electron chi connectivity index (χ0n) is 16.9. The van der Waals surface area contributed by atoms with Crippen molar-refractivity contribution in [2.45, 2.75) is 0 Å². The molecular formula is C23H29NO5. The van der Waals surface area contributed by atoms with E-state index in [4.69, 9.17) is 18.9 Å². The summed E-state index contributed by atoms with van der Waals surface area (Å²) >= 11 is 0. The van der Waals surface area contributed by atoms with Gasteiger partial charge in [-0.1, -0.05) is 48.6 Å². The van der Waals surface area contributed by atoms with Gasteiger partial charge in [-0.15, -0.1) is 13.2 Å². The maximum atomic E-state index is 12.5. The van der Waals surface area contributed by atoms with Gasteiger partial charge in [0.05, 0.1) is 44.1 Å². The molecule has 0 heterocycles. The van der Waals surface area contributed by atoms with Crippen molar-refractivity contribution >= 4 is 22.6 Å². The molecule has 0 spiro atoms. The molecule has 0 radical (unpaired) electrons. The van der Waals surface area contributed by atoms with Crippen LogP contribution in [0, 0.1) is 5.41 Å². The van der Waals surface area contributed by atoms with Gasteiger partial charge in [0, 0.05) is 12.5 Å². The van der Waals surface area contributed by atoms with Crippen molar-refractivity contribution in [1.29, 1.82) is 0 Å². The lowest BCUT2D eigenvalue weighted by Gasteiger charge is -2.31. The van der Waals surface area contributed by atoms with Crippen molar-refractivity contribution < 1.29 is 23.7 Å². The number of anilines is 1. The van der Waals surface area contributed by atoms with Crippen LogP contribution in [0.2, 0.25) is 0 Å². The molecule has 6 nitrogen and oxygen atoms in total. The normalized spacial score (nSPS) is 11.2. The third kappa shape index (κ3) is 7.02. The molecule has 1 amide bonds. The maximum Gasteiger partial charge on any atom is 0.411 e. The molecule has 0 bridgehead atoms. The molecule has 2 aromatic carbocycles. The highest BCUT2D eigenvalue weighted by molar-refractivity contribution is 6.00. The van der Waals surface area contributed by atoms with Crippen LogP contribution in [0.15, 0.2) is 67.8 Å². The van der Waals surface area contributed by atoms with Crippen LogP contribution in [-0.2, 0) is 18.9 Å². The Morgan fingerprint density at radius 3 is 2.28 bits per heavy atom. The van der Waals surface area contributed by atoms with E-state index in [0.29, 0.717) is 38.7 Å². The molecular weight excluding hydrogens is 370 g/mol. The molecule has 2 aromatic rings. The third-order valence-corrected chi connectivity index (χ3v) is 4.27. The first-order chi connectivity index (χ1) is 14.1. The second-order valence-corrected chi connectivity index (χ2v) is 6.77. The molecule has 0 aliphatic heterocycles. The summed E-state index contributed by atoms with van der Waals surface area (Å²) in [5, 5.41) is 4.80. The highest BCUT2D eigenvalue weighted by Crippen LogP contribution is 2.24. The smallest absolute Gasteiger partial charge is 0.411 e. The summed E-state index contributed by atoms with van der Waals surface area (Å²) in [6, 6.07) is 13.5. The molecule has 29 heavy (non-hydrogen) atoms. The summed E-state index contributed by atoms with van der Waals surface area (Å²) < 4.78 is 22.1. The van der Waals surface area contributed by atoms with Crippen LogP contribution in [0.25, 0.3) is 10.8 Å². The summed E-state index contributed by atoms with van der Waals surface area (Å²) in [5.41, 5.74) is 0.0490. The van der Waals surface area contributed by atoms with Crippen molar-refractivity contribution in [2.75, 3.05) is 52.1 Å². The largest absolute Gasteiger partial charge is 0.448 e. The minimum absolute atomic E-state index is 0.0751. The molecule has 0 aliphatic carbocycles. The molecule has 0 saturated heterocycles. The first-order valence-corrected chi connectivity index (χ1v) is 9.42. The van der Waals surface area contributed by atoms with Gasteiger partial charge in [0.2, 0.25) is 0 Å². The second-order valence-electron chi connectivity index (χ2n) is 6.77. The second kappa shape index (κ2) is 12.0. The molecule has 0 unspecified atom stereocenters. The van der Waals surface area contributed by atoms with Gasteiger partial charge in [0.15, 0.2) is 0 Å². The lowest BCUT2D eigenvalue weighted by atomic mass is 9.92. The zero-order valence-corrected chi connectivity index (χ0v) is 16.9. The summed E-state index contributed by atoms with van der Waals surface area (Å²) in [4.78, 5) is 12.5. The number of carbonyl (C=O) groups is 1. The van der Waals surface area contributed by atoms with Gasteiger partial charge in [-0.05, 0) is 11.5 Å². The van der Waals surface area contributed by atoms with Gasteiger partial charge in [-0.2, -0.15) is 0 Å². The fraction of sp³-hybridized carbons (Fsp3) is 0.348. The molecule has 0 atom stereocenters. The molecule has 2 rings (SSSR count). The minimum Gasteiger partial charge on any atom is -0.448 e. The fourth-order valence-electron chi connectivity index (χ4n) is 2.97. The van der Waals surface area contributed by atoms with Crippen LogP contribution in [-0.4, -0.2) is 52.8 Å². The van der Waals surface area contributed by atoms with Crippen molar-refractivity contribution in [2.24, 2.45) is 5.41 Å².